The van der Waals surface area contributed by atoms with Gasteiger partial charge in [-0.3, -0.25) is 9.59 Å². The summed E-state index contributed by atoms with van der Waals surface area (Å²) >= 11 is 1.34. The number of ether oxygens (including phenoxy) is 1. The molecule has 0 bridgehead atoms. The molecule has 0 aliphatic carbocycles. The van der Waals surface area contributed by atoms with Crippen LogP contribution in [-0.4, -0.2) is 31.4 Å². The molecule has 0 atom stereocenters. The van der Waals surface area contributed by atoms with Crippen molar-refractivity contribution in [2.24, 2.45) is 0 Å². The van der Waals surface area contributed by atoms with Gasteiger partial charge in [0.1, 0.15) is 0 Å². The van der Waals surface area contributed by atoms with Gasteiger partial charge < -0.3 is 15.4 Å². The lowest BCUT2D eigenvalue weighted by molar-refractivity contribution is -0.116. The fourth-order valence-electron chi connectivity index (χ4n) is 2.00. The molecule has 2 rings (SSSR count). The summed E-state index contributed by atoms with van der Waals surface area (Å²) in [6, 6.07) is 8.47. The molecule has 0 aliphatic rings. The quantitative estimate of drug-likeness (QED) is 0.788. The first-order chi connectivity index (χ1) is 11.5. The maximum Gasteiger partial charge on any atom is 0.337 e. The summed E-state index contributed by atoms with van der Waals surface area (Å²) in [5.41, 5.74) is 1.75. The van der Waals surface area contributed by atoms with Crippen molar-refractivity contribution in [3.8, 4) is 0 Å². The van der Waals surface area contributed by atoms with E-state index in [1.54, 1.807) is 30.3 Å². The van der Waals surface area contributed by atoms with Gasteiger partial charge in [0.2, 0.25) is 5.91 Å². The van der Waals surface area contributed by atoms with Crippen LogP contribution in [-0.2, 0) is 9.53 Å². The first kappa shape index (κ1) is 17.7. The zero-order valence-electron chi connectivity index (χ0n) is 13.4. The van der Waals surface area contributed by atoms with Crippen LogP contribution in [0.3, 0.4) is 0 Å². The van der Waals surface area contributed by atoms with E-state index in [-0.39, 0.29) is 24.8 Å². The van der Waals surface area contributed by atoms with Crippen molar-refractivity contribution >= 4 is 34.8 Å². The third-order valence-corrected chi connectivity index (χ3v) is 4.18. The number of anilines is 1. The fourth-order valence-corrected chi connectivity index (χ4v) is 2.64. The molecule has 1 heterocycles. The minimum absolute atomic E-state index is 0.138. The van der Waals surface area contributed by atoms with Crippen LogP contribution in [0.1, 0.15) is 32.0 Å². The molecule has 2 amide bonds. The summed E-state index contributed by atoms with van der Waals surface area (Å²) in [6.07, 6.45) is 0.138. The largest absolute Gasteiger partial charge is 0.465 e. The molecule has 1 aromatic heterocycles. The van der Waals surface area contributed by atoms with Crippen LogP contribution in [0.2, 0.25) is 0 Å². The van der Waals surface area contributed by atoms with E-state index in [1.165, 1.54) is 18.4 Å². The van der Waals surface area contributed by atoms with Crippen molar-refractivity contribution in [1.82, 2.24) is 5.32 Å². The van der Waals surface area contributed by atoms with Gasteiger partial charge in [-0.1, -0.05) is 12.1 Å². The van der Waals surface area contributed by atoms with Crippen molar-refractivity contribution in [2.45, 2.75) is 13.3 Å². The van der Waals surface area contributed by atoms with Crippen molar-refractivity contribution in [3.05, 3.63) is 51.7 Å². The molecule has 0 saturated heterocycles. The number of carbonyl (C=O) groups is 3. The summed E-state index contributed by atoms with van der Waals surface area (Å²) in [6.45, 7) is 2.06. The van der Waals surface area contributed by atoms with Crippen molar-refractivity contribution in [3.63, 3.8) is 0 Å². The monoisotopic (exact) mass is 346 g/mol. The molecule has 0 unspecified atom stereocenters. The molecule has 7 heteroatoms. The highest BCUT2D eigenvalue weighted by Gasteiger charge is 2.11. The molecular formula is C17H18N2O4S. The Labute approximate surface area is 143 Å². The number of hydrogen-bond acceptors (Lipinski definition) is 5. The van der Waals surface area contributed by atoms with Gasteiger partial charge in [0, 0.05) is 18.7 Å². The number of benzene rings is 1. The highest BCUT2D eigenvalue weighted by atomic mass is 32.1. The summed E-state index contributed by atoms with van der Waals surface area (Å²) < 4.78 is 4.66. The van der Waals surface area contributed by atoms with Crippen molar-refractivity contribution in [2.75, 3.05) is 19.0 Å². The standard InChI is InChI=1S/C17H18N2O4S/c1-11-5-6-12(17(22)23-2)10-13(11)19-15(20)7-8-18-16(21)14-4-3-9-24-14/h3-6,9-10H,7-8H2,1-2H3,(H,18,21)(H,19,20). The first-order valence-corrected chi connectivity index (χ1v) is 8.19. The van der Waals surface area contributed by atoms with Gasteiger partial charge in [-0.15, -0.1) is 11.3 Å². The topological polar surface area (TPSA) is 84.5 Å². The number of methoxy groups -OCH3 is 1. The lowest BCUT2D eigenvalue weighted by Gasteiger charge is -2.10. The second kappa shape index (κ2) is 8.26. The van der Waals surface area contributed by atoms with Gasteiger partial charge in [0.05, 0.1) is 17.6 Å². The number of esters is 1. The molecule has 2 aromatic rings. The molecule has 1 aromatic carbocycles. The van der Waals surface area contributed by atoms with E-state index >= 15 is 0 Å². The van der Waals surface area contributed by atoms with E-state index in [9.17, 15) is 14.4 Å². The summed E-state index contributed by atoms with van der Waals surface area (Å²) in [5.74, 6) is -0.901. The number of nitrogens with one attached hydrogen (secondary N) is 2. The lowest BCUT2D eigenvalue weighted by atomic mass is 10.1. The van der Waals surface area contributed by atoms with Gasteiger partial charge in [-0.05, 0) is 36.1 Å². The average molecular weight is 346 g/mol. The van der Waals surface area contributed by atoms with Gasteiger partial charge in [0.15, 0.2) is 0 Å². The van der Waals surface area contributed by atoms with Crippen LogP contribution in [0, 0.1) is 6.92 Å². The predicted octanol–water partition coefficient (Wildman–Crippen LogP) is 2.60. The Hall–Kier alpha value is -2.67. The minimum atomic E-state index is -0.464. The highest BCUT2D eigenvalue weighted by molar-refractivity contribution is 7.12. The maximum atomic E-state index is 12.0. The fraction of sp³-hybridized carbons (Fsp3) is 0.235. The van der Waals surface area contributed by atoms with E-state index in [2.05, 4.69) is 15.4 Å². The molecule has 126 valence electrons. The number of amides is 2. The molecule has 2 N–H and O–H groups in total. The van der Waals surface area contributed by atoms with Crippen LogP contribution in [0.25, 0.3) is 0 Å². The molecule has 0 fully saturated rings. The van der Waals surface area contributed by atoms with Crippen LogP contribution in [0.4, 0.5) is 5.69 Å². The molecular weight excluding hydrogens is 328 g/mol. The maximum absolute atomic E-state index is 12.0. The van der Waals surface area contributed by atoms with Crippen LogP contribution >= 0.6 is 11.3 Å². The zero-order valence-corrected chi connectivity index (χ0v) is 14.2. The van der Waals surface area contributed by atoms with Crippen molar-refractivity contribution in [1.29, 1.82) is 0 Å². The SMILES string of the molecule is COC(=O)c1ccc(C)c(NC(=O)CCNC(=O)c2cccs2)c1. The lowest BCUT2D eigenvalue weighted by Crippen LogP contribution is -2.27. The minimum Gasteiger partial charge on any atom is -0.465 e. The third kappa shape index (κ3) is 4.66. The number of rotatable bonds is 6. The number of thiophene rings is 1. The summed E-state index contributed by atoms with van der Waals surface area (Å²) in [4.78, 5) is 35.9. The predicted molar refractivity (Wildman–Crippen MR) is 92.4 cm³/mol. The molecule has 6 nitrogen and oxygen atoms in total. The van der Waals surface area contributed by atoms with Crippen LogP contribution in [0.5, 0.6) is 0 Å². The highest BCUT2D eigenvalue weighted by Crippen LogP contribution is 2.17. The Morgan fingerprint density at radius 3 is 2.67 bits per heavy atom. The summed E-state index contributed by atoms with van der Waals surface area (Å²) in [5, 5.41) is 7.25. The van der Waals surface area contributed by atoms with E-state index in [4.69, 9.17) is 0 Å². The van der Waals surface area contributed by atoms with Gasteiger partial charge in [0.25, 0.3) is 5.91 Å². The second-order valence-corrected chi connectivity index (χ2v) is 6.00. The molecule has 0 radical (unpaired) electrons. The van der Waals surface area contributed by atoms with Gasteiger partial charge in [-0.2, -0.15) is 0 Å². The third-order valence-electron chi connectivity index (χ3n) is 3.32. The van der Waals surface area contributed by atoms with Crippen LogP contribution < -0.4 is 10.6 Å². The van der Waals surface area contributed by atoms with E-state index in [1.807, 2.05) is 12.3 Å². The normalized spacial score (nSPS) is 10.1. The van der Waals surface area contributed by atoms with E-state index in [0.29, 0.717) is 16.1 Å². The smallest absolute Gasteiger partial charge is 0.337 e. The average Bonchev–Trinajstić information content (AvgIpc) is 3.10. The summed E-state index contributed by atoms with van der Waals surface area (Å²) in [7, 11) is 1.30. The number of aryl methyl sites for hydroxylation is 1. The Kier molecular flexibility index (Phi) is 6.08. The Balaban J connectivity index is 1.88. The molecule has 24 heavy (non-hydrogen) atoms. The van der Waals surface area contributed by atoms with E-state index in [0.717, 1.165) is 5.56 Å². The Morgan fingerprint density at radius 1 is 1.21 bits per heavy atom. The van der Waals surface area contributed by atoms with Crippen molar-refractivity contribution < 1.29 is 19.1 Å². The Bertz CT molecular complexity index is 741. The second-order valence-electron chi connectivity index (χ2n) is 5.05. The Morgan fingerprint density at radius 2 is 2.00 bits per heavy atom. The van der Waals surface area contributed by atoms with Gasteiger partial charge >= 0.3 is 5.97 Å². The zero-order chi connectivity index (χ0) is 17.5. The molecule has 0 aliphatic heterocycles. The van der Waals surface area contributed by atoms with Crippen LogP contribution in [0.15, 0.2) is 35.7 Å². The molecule has 0 spiro atoms. The number of carbonyl (C=O) groups excluding carboxylic acids is 3. The van der Waals surface area contributed by atoms with Gasteiger partial charge in [-0.25, -0.2) is 4.79 Å². The van der Waals surface area contributed by atoms with E-state index < -0.39 is 5.97 Å². The first-order valence-electron chi connectivity index (χ1n) is 7.32. The number of hydrogen-bond donors (Lipinski definition) is 2. The molecule has 0 saturated carbocycles.